The SMILES string of the molecule is Cn1cccc1C(=O)CSc1ccc2c(c1)CCC2. The molecule has 1 aliphatic rings. The first-order valence-corrected chi connectivity index (χ1v) is 7.62. The van der Waals surface area contributed by atoms with Crippen LogP contribution in [0, 0.1) is 0 Å². The molecule has 0 saturated carbocycles. The van der Waals surface area contributed by atoms with E-state index < -0.39 is 0 Å². The number of ketones is 1. The normalized spacial score (nSPS) is 13.5. The standard InChI is InChI=1S/C16H17NOS/c1-17-9-3-6-15(17)16(18)11-19-14-8-7-12-4-2-5-13(12)10-14/h3,6-10H,2,4-5,11H2,1H3. The van der Waals surface area contributed by atoms with E-state index in [9.17, 15) is 4.79 Å². The zero-order chi connectivity index (χ0) is 13.2. The molecule has 0 atom stereocenters. The first kappa shape index (κ1) is 12.5. The maximum Gasteiger partial charge on any atom is 0.189 e. The molecule has 2 nitrogen and oxygen atoms in total. The van der Waals surface area contributed by atoms with Crippen molar-refractivity contribution in [3.63, 3.8) is 0 Å². The number of fused-ring (bicyclic) bond motifs is 1. The highest BCUT2D eigenvalue weighted by molar-refractivity contribution is 8.00. The van der Waals surface area contributed by atoms with Gasteiger partial charge in [0.15, 0.2) is 5.78 Å². The van der Waals surface area contributed by atoms with E-state index in [0.29, 0.717) is 5.75 Å². The van der Waals surface area contributed by atoms with Crippen molar-refractivity contribution < 1.29 is 4.79 Å². The highest BCUT2D eigenvalue weighted by Gasteiger charge is 2.13. The van der Waals surface area contributed by atoms with Crippen LogP contribution in [0.5, 0.6) is 0 Å². The van der Waals surface area contributed by atoms with Crippen molar-refractivity contribution >= 4 is 17.5 Å². The third kappa shape index (κ3) is 2.61. The maximum absolute atomic E-state index is 12.1. The summed E-state index contributed by atoms with van der Waals surface area (Å²) in [6, 6.07) is 10.4. The minimum atomic E-state index is 0.193. The van der Waals surface area contributed by atoms with E-state index in [1.807, 2.05) is 29.9 Å². The molecule has 0 fully saturated rings. The number of aromatic nitrogens is 1. The molecule has 0 spiro atoms. The molecule has 19 heavy (non-hydrogen) atoms. The molecule has 0 saturated heterocycles. The molecule has 98 valence electrons. The number of carbonyl (C=O) groups is 1. The molecule has 1 heterocycles. The number of hydrogen-bond acceptors (Lipinski definition) is 2. The average Bonchev–Trinajstić information content (AvgIpc) is 3.03. The molecule has 0 unspecified atom stereocenters. The lowest BCUT2D eigenvalue weighted by atomic mass is 10.1. The summed E-state index contributed by atoms with van der Waals surface area (Å²) in [5, 5.41) is 0. The lowest BCUT2D eigenvalue weighted by molar-refractivity contribution is 0.101. The van der Waals surface area contributed by atoms with Gasteiger partial charge in [0.1, 0.15) is 0 Å². The van der Waals surface area contributed by atoms with Gasteiger partial charge >= 0.3 is 0 Å². The van der Waals surface area contributed by atoms with Gasteiger partial charge in [-0.25, -0.2) is 0 Å². The van der Waals surface area contributed by atoms with Crippen molar-refractivity contribution in [3.05, 3.63) is 53.3 Å². The third-order valence-electron chi connectivity index (χ3n) is 3.67. The predicted molar refractivity (Wildman–Crippen MR) is 78.9 cm³/mol. The number of benzene rings is 1. The quantitative estimate of drug-likeness (QED) is 0.627. The van der Waals surface area contributed by atoms with Crippen molar-refractivity contribution in [2.45, 2.75) is 24.2 Å². The molecule has 1 aromatic heterocycles. The number of carbonyl (C=O) groups excluding carboxylic acids is 1. The van der Waals surface area contributed by atoms with Gasteiger partial charge in [0.2, 0.25) is 0 Å². The van der Waals surface area contributed by atoms with Gasteiger partial charge in [-0.1, -0.05) is 6.07 Å². The number of nitrogens with zero attached hydrogens (tertiary/aromatic N) is 1. The van der Waals surface area contributed by atoms with Gasteiger partial charge in [-0.3, -0.25) is 4.79 Å². The van der Waals surface area contributed by atoms with E-state index in [2.05, 4.69) is 18.2 Å². The monoisotopic (exact) mass is 271 g/mol. The van der Waals surface area contributed by atoms with E-state index in [-0.39, 0.29) is 5.78 Å². The van der Waals surface area contributed by atoms with Crippen LogP contribution in [0.3, 0.4) is 0 Å². The summed E-state index contributed by atoms with van der Waals surface area (Å²) in [7, 11) is 1.91. The fourth-order valence-electron chi connectivity index (χ4n) is 2.61. The Balaban J connectivity index is 1.66. The Hall–Kier alpha value is -1.48. The molecular weight excluding hydrogens is 254 g/mol. The Morgan fingerprint density at radius 1 is 1.26 bits per heavy atom. The van der Waals surface area contributed by atoms with Gasteiger partial charge in [0.05, 0.1) is 11.4 Å². The summed E-state index contributed by atoms with van der Waals surface area (Å²) in [6.07, 6.45) is 5.58. The summed E-state index contributed by atoms with van der Waals surface area (Å²) in [5.41, 5.74) is 3.74. The van der Waals surface area contributed by atoms with Crippen molar-refractivity contribution in [2.24, 2.45) is 7.05 Å². The van der Waals surface area contributed by atoms with Gasteiger partial charge < -0.3 is 4.57 Å². The lowest BCUT2D eigenvalue weighted by Crippen LogP contribution is -2.07. The second-order valence-electron chi connectivity index (χ2n) is 5.00. The van der Waals surface area contributed by atoms with Crippen LogP contribution in [0.25, 0.3) is 0 Å². The average molecular weight is 271 g/mol. The van der Waals surface area contributed by atoms with E-state index >= 15 is 0 Å². The number of aryl methyl sites for hydroxylation is 3. The minimum Gasteiger partial charge on any atom is -0.348 e. The summed E-state index contributed by atoms with van der Waals surface area (Å²) < 4.78 is 1.88. The van der Waals surface area contributed by atoms with Gasteiger partial charge in [-0.2, -0.15) is 0 Å². The Bertz CT molecular complexity index is 615. The lowest BCUT2D eigenvalue weighted by Gasteiger charge is -2.05. The molecule has 2 aromatic rings. The van der Waals surface area contributed by atoms with Crippen molar-refractivity contribution in [2.75, 3.05) is 5.75 Å². The van der Waals surface area contributed by atoms with Crippen LogP contribution < -0.4 is 0 Å². The molecule has 0 N–H and O–H groups in total. The van der Waals surface area contributed by atoms with Gasteiger partial charge in [0, 0.05) is 18.1 Å². The summed E-state index contributed by atoms with van der Waals surface area (Å²) >= 11 is 1.64. The van der Waals surface area contributed by atoms with Crippen LogP contribution >= 0.6 is 11.8 Å². The van der Waals surface area contributed by atoms with Crippen LogP contribution in [0.2, 0.25) is 0 Å². The van der Waals surface area contributed by atoms with Crippen LogP contribution in [0.15, 0.2) is 41.4 Å². The number of rotatable bonds is 4. The van der Waals surface area contributed by atoms with Gasteiger partial charge in [-0.05, 0) is 54.7 Å². The summed E-state index contributed by atoms with van der Waals surface area (Å²) in [6.45, 7) is 0. The first-order chi connectivity index (χ1) is 9.24. The molecule has 1 aromatic carbocycles. The molecule has 0 amide bonds. The smallest absolute Gasteiger partial charge is 0.189 e. The van der Waals surface area contributed by atoms with Crippen LogP contribution in [-0.4, -0.2) is 16.1 Å². The van der Waals surface area contributed by atoms with Crippen molar-refractivity contribution in [3.8, 4) is 0 Å². The first-order valence-electron chi connectivity index (χ1n) is 6.63. The second-order valence-corrected chi connectivity index (χ2v) is 6.05. The molecule has 3 rings (SSSR count). The van der Waals surface area contributed by atoms with E-state index in [1.54, 1.807) is 11.8 Å². The van der Waals surface area contributed by atoms with Gasteiger partial charge in [-0.15, -0.1) is 11.8 Å². The predicted octanol–water partition coefficient (Wildman–Crippen LogP) is 3.49. The topological polar surface area (TPSA) is 22.0 Å². The zero-order valence-electron chi connectivity index (χ0n) is 11.1. The molecule has 0 aliphatic heterocycles. The number of hydrogen-bond donors (Lipinski definition) is 0. The Morgan fingerprint density at radius 2 is 2.11 bits per heavy atom. The molecular formula is C16H17NOS. The molecule has 0 bridgehead atoms. The molecule has 3 heteroatoms. The number of thioether (sulfide) groups is 1. The largest absolute Gasteiger partial charge is 0.348 e. The minimum absolute atomic E-state index is 0.193. The summed E-state index contributed by atoms with van der Waals surface area (Å²) in [4.78, 5) is 13.3. The highest BCUT2D eigenvalue weighted by atomic mass is 32.2. The molecule has 1 aliphatic carbocycles. The number of Topliss-reactive ketones (excluding diaryl/α,β-unsaturated/α-hetero) is 1. The second kappa shape index (κ2) is 5.25. The van der Waals surface area contributed by atoms with Crippen LogP contribution in [0.1, 0.15) is 28.0 Å². The Labute approximate surface area is 117 Å². The summed E-state index contributed by atoms with van der Waals surface area (Å²) in [5.74, 6) is 0.703. The van der Waals surface area contributed by atoms with E-state index in [1.165, 1.54) is 35.3 Å². The zero-order valence-corrected chi connectivity index (χ0v) is 11.9. The maximum atomic E-state index is 12.1. The fraction of sp³-hybridized carbons (Fsp3) is 0.312. The van der Waals surface area contributed by atoms with Crippen LogP contribution in [0.4, 0.5) is 0 Å². The third-order valence-corrected chi connectivity index (χ3v) is 4.66. The van der Waals surface area contributed by atoms with E-state index in [0.717, 1.165) is 5.69 Å². The van der Waals surface area contributed by atoms with Gasteiger partial charge in [0.25, 0.3) is 0 Å². The van der Waals surface area contributed by atoms with Crippen molar-refractivity contribution in [1.82, 2.24) is 4.57 Å². The highest BCUT2D eigenvalue weighted by Crippen LogP contribution is 2.27. The van der Waals surface area contributed by atoms with E-state index in [4.69, 9.17) is 0 Å². The fourth-order valence-corrected chi connectivity index (χ4v) is 3.45. The molecule has 0 radical (unpaired) electrons. The Morgan fingerprint density at radius 3 is 2.89 bits per heavy atom. The van der Waals surface area contributed by atoms with Crippen molar-refractivity contribution in [1.29, 1.82) is 0 Å². The van der Waals surface area contributed by atoms with Crippen LogP contribution in [-0.2, 0) is 19.9 Å². The Kier molecular flexibility index (Phi) is 3.47.